The van der Waals surface area contributed by atoms with Gasteiger partial charge in [-0.15, -0.1) is 0 Å². The van der Waals surface area contributed by atoms with E-state index in [1.807, 2.05) is 61.9 Å². The van der Waals surface area contributed by atoms with Crippen molar-refractivity contribution in [2.75, 3.05) is 14.1 Å². The molecular formula is C20H22N6O2. The van der Waals surface area contributed by atoms with E-state index >= 15 is 0 Å². The standard InChI is InChI=1S/C20H22N6O2/c1-14-7-8-15(28-14)10-21-19(27)17-12-25(13-22-17)20-23-16(11-24(2)3)18-6-4-5-9-26(18)20/h4-9,12-13H,10-11H2,1-3H3,(H,21,27). The second kappa shape index (κ2) is 7.32. The second-order valence-electron chi connectivity index (χ2n) is 6.91. The van der Waals surface area contributed by atoms with E-state index < -0.39 is 0 Å². The number of furan rings is 1. The zero-order valence-corrected chi connectivity index (χ0v) is 16.1. The first-order valence-electron chi connectivity index (χ1n) is 9.00. The van der Waals surface area contributed by atoms with Crippen LogP contribution in [0, 0.1) is 6.92 Å². The smallest absolute Gasteiger partial charge is 0.271 e. The number of carbonyl (C=O) groups excluding carboxylic acids is 1. The number of nitrogens with one attached hydrogen (secondary N) is 1. The average Bonchev–Trinajstić information content (AvgIpc) is 3.38. The van der Waals surface area contributed by atoms with Crippen molar-refractivity contribution in [3.8, 4) is 5.95 Å². The van der Waals surface area contributed by atoms with Crippen molar-refractivity contribution in [1.29, 1.82) is 0 Å². The maximum atomic E-state index is 12.4. The third-order valence-corrected chi connectivity index (χ3v) is 4.34. The summed E-state index contributed by atoms with van der Waals surface area (Å²) >= 11 is 0. The van der Waals surface area contributed by atoms with Crippen molar-refractivity contribution in [2.45, 2.75) is 20.0 Å². The number of carbonyl (C=O) groups is 1. The van der Waals surface area contributed by atoms with Crippen molar-refractivity contribution in [3.05, 3.63) is 72.0 Å². The van der Waals surface area contributed by atoms with Crippen LogP contribution in [-0.2, 0) is 13.1 Å². The van der Waals surface area contributed by atoms with Gasteiger partial charge >= 0.3 is 0 Å². The number of nitrogens with zero attached hydrogens (tertiary/aromatic N) is 5. The fourth-order valence-corrected chi connectivity index (χ4v) is 3.07. The molecular weight excluding hydrogens is 356 g/mol. The lowest BCUT2D eigenvalue weighted by Gasteiger charge is -2.06. The van der Waals surface area contributed by atoms with Gasteiger partial charge in [-0.1, -0.05) is 6.07 Å². The first-order valence-corrected chi connectivity index (χ1v) is 9.00. The van der Waals surface area contributed by atoms with E-state index in [1.54, 1.807) is 17.1 Å². The molecule has 0 bridgehead atoms. The van der Waals surface area contributed by atoms with Crippen molar-refractivity contribution in [2.24, 2.45) is 0 Å². The number of aromatic nitrogens is 4. The minimum absolute atomic E-state index is 0.262. The first-order chi connectivity index (χ1) is 13.5. The molecule has 4 aromatic heterocycles. The highest BCUT2D eigenvalue weighted by atomic mass is 16.3. The summed E-state index contributed by atoms with van der Waals surface area (Å²) in [6.45, 7) is 2.91. The Hall–Kier alpha value is -3.39. The summed E-state index contributed by atoms with van der Waals surface area (Å²) in [5, 5.41) is 2.82. The zero-order valence-electron chi connectivity index (χ0n) is 16.1. The Kier molecular flexibility index (Phi) is 4.70. The Bertz CT molecular complexity index is 1120. The fourth-order valence-electron chi connectivity index (χ4n) is 3.07. The first kappa shape index (κ1) is 18.0. The Balaban J connectivity index is 1.58. The van der Waals surface area contributed by atoms with Crippen LogP contribution in [-0.4, -0.2) is 43.8 Å². The predicted octanol–water partition coefficient (Wildman–Crippen LogP) is 2.41. The number of rotatable bonds is 6. The summed E-state index contributed by atoms with van der Waals surface area (Å²) in [6.07, 6.45) is 5.24. The molecule has 28 heavy (non-hydrogen) atoms. The zero-order chi connectivity index (χ0) is 19.7. The maximum Gasteiger partial charge on any atom is 0.271 e. The van der Waals surface area contributed by atoms with Gasteiger partial charge in [0.25, 0.3) is 5.91 Å². The number of pyridine rings is 1. The van der Waals surface area contributed by atoms with E-state index in [0.29, 0.717) is 23.9 Å². The topological polar surface area (TPSA) is 80.6 Å². The van der Waals surface area contributed by atoms with E-state index in [1.165, 1.54) is 0 Å². The molecule has 4 rings (SSSR count). The highest BCUT2D eigenvalue weighted by Gasteiger charge is 2.16. The number of aryl methyl sites for hydroxylation is 1. The molecule has 8 nitrogen and oxygen atoms in total. The minimum Gasteiger partial charge on any atom is -0.465 e. The SMILES string of the molecule is Cc1ccc(CNC(=O)c2cn(-c3nc(CN(C)C)c4ccccn34)cn2)o1. The molecule has 144 valence electrons. The lowest BCUT2D eigenvalue weighted by atomic mass is 10.3. The Morgan fingerprint density at radius 3 is 2.86 bits per heavy atom. The summed E-state index contributed by atoms with van der Waals surface area (Å²) in [4.78, 5) is 23.5. The van der Waals surface area contributed by atoms with Gasteiger partial charge in [-0.3, -0.25) is 13.8 Å². The van der Waals surface area contributed by atoms with Gasteiger partial charge in [-0.25, -0.2) is 9.97 Å². The number of fused-ring (bicyclic) bond motifs is 1. The summed E-state index contributed by atoms with van der Waals surface area (Å²) in [5.74, 6) is 1.95. The number of imidazole rings is 2. The summed E-state index contributed by atoms with van der Waals surface area (Å²) < 4.78 is 9.23. The molecule has 0 unspecified atom stereocenters. The lowest BCUT2D eigenvalue weighted by Crippen LogP contribution is -2.22. The summed E-state index contributed by atoms with van der Waals surface area (Å²) in [6, 6.07) is 9.68. The minimum atomic E-state index is -0.262. The van der Waals surface area contributed by atoms with E-state index in [0.717, 1.165) is 23.5 Å². The van der Waals surface area contributed by atoms with Crippen LogP contribution in [0.4, 0.5) is 0 Å². The van der Waals surface area contributed by atoms with Gasteiger partial charge in [-0.2, -0.15) is 0 Å². The van der Waals surface area contributed by atoms with Crippen molar-refractivity contribution < 1.29 is 9.21 Å². The van der Waals surface area contributed by atoms with Gasteiger partial charge in [0.15, 0.2) is 0 Å². The summed E-state index contributed by atoms with van der Waals surface area (Å²) in [7, 11) is 4.02. The predicted molar refractivity (Wildman–Crippen MR) is 104 cm³/mol. The van der Waals surface area contributed by atoms with Crippen LogP contribution in [0.2, 0.25) is 0 Å². The molecule has 0 aliphatic heterocycles. The Morgan fingerprint density at radius 1 is 1.25 bits per heavy atom. The molecule has 0 atom stereocenters. The molecule has 0 saturated heterocycles. The van der Waals surface area contributed by atoms with Crippen molar-refractivity contribution >= 4 is 11.4 Å². The molecule has 0 aromatic carbocycles. The third kappa shape index (κ3) is 3.54. The number of hydrogen-bond donors (Lipinski definition) is 1. The maximum absolute atomic E-state index is 12.4. The van der Waals surface area contributed by atoms with Crippen LogP contribution in [0.15, 0.2) is 53.5 Å². The fraction of sp³-hybridized carbons (Fsp3) is 0.250. The molecule has 0 aliphatic rings. The second-order valence-corrected chi connectivity index (χ2v) is 6.91. The van der Waals surface area contributed by atoms with Crippen molar-refractivity contribution in [1.82, 2.24) is 29.2 Å². The molecule has 0 radical (unpaired) electrons. The van der Waals surface area contributed by atoms with E-state index in [9.17, 15) is 4.79 Å². The van der Waals surface area contributed by atoms with Gasteiger partial charge in [0, 0.05) is 18.9 Å². The third-order valence-electron chi connectivity index (χ3n) is 4.34. The van der Waals surface area contributed by atoms with Crippen LogP contribution in [0.1, 0.15) is 27.7 Å². The molecule has 1 N–H and O–H groups in total. The number of amides is 1. The average molecular weight is 378 g/mol. The Labute approximate surface area is 162 Å². The molecule has 0 fully saturated rings. The van der Waals surface area contributed by atoms with E-state index in [4.69, 9.17) is 9.40 Å². The molecule has 4 heterocycles. The highest BCUT2D eigenvalue weighted by molar-refractivity contribution is 5.92. The van der Waals surface area contributed by atoms with Crippen LogP contribution < -0.4 is 5.32 Å². The van der Waals surface area contributed by atoms with Crippen LogP contribution in [0.5, 0.6) is 0 Å². The van der Waals surface area contributed by atoms with Gasteiger partial charge in [-0.05, 0) is 45.3 Å². The van der Waals surface area contributed by atoms with Gasteiger partial charge < -0.3 is 14.6 Å². The summed E-state index contributed by atoms with van der Waals surface area (Å²) in [5.41, 5.74) is 2.32. The molecule has 4 aromatic rings. The normalized spacial score (nSPS) is 11.4. The quantitative estimate of drug-likeness (QED) is 0.557. The van der Waals surface area contributed by atoms with E-state index in [2.05, 4.69) is 15.2 Å². The monoisotopic (exact) mass is 378 g/mol. The molecule has 0 aliphatic carbocycles. The van der Waals surface area contributed by atoms with Gasteiger partial charge in [0.1, 0.15) is 23.5 Å². The Morgan fingerprint density at radius 2 is 2.11 bits per heavy atom. The molecule has 8 heteroatoms. The largest absolute Gasteiger partial charge is 0.465 e. The molecule has 0 spiro atoms. The lowest BCUT2D eigenvalue weighted by molar-refractivity contribution is 0.0943. The van der Waals surface area contributed by atoms with Gasteiger partial charge in [0.2, 0.25) is 5.95 Å². The van der Waals surface area contributed by atoms with Crippen LogP contribution >= 0.6 is 0 Å². The van der Waals surface area contributed by atoms with E-state index in [-0.39, 0.29) is 5.91 Å². The van der Waals surface area contributed by atoms with Crippen LogP contribution in [0.3, 0.4) is 0 Å². The van der Waals surface area contributed by atoms with Crippen molar-refractivity contribution in [3.63, 3.8) is 0 Å². The van der Waals surface area contributed by atoms with Crippen LogP contribution in [0.25, 0.3) is 11.5 Å². The molecule has 1 amide bonds. The number of hydrogen-bond acceptors (Lipinski definition) is 5. The van der Waals surface area contributed by atoms with Gasteiger partial charge in [0.05, 0.1) is 17.8 Å². The highest BCUT2D eigenvalue weighted by Crippen LogP contribution is 2.18. The molecule has 0 saturated carbocycles.